The third-order valence-electron chi connectivity index (χ3n) is 4.63. The molecule has 0 saturated carbocycles. The molecule has 0 spiro atoms. The molecular formula is C25H22Cl2N2O3. The number of rotatable bonds is 5. The predicted molar refractivity (Wildman–Crippen MR) is 128 cm³/mol. The van der Waals surface area contributed by atoms with Crippen molar-refractivity contribution in [3.8, 4) is 5.75 Å². The van der Waals surface area contributed by atoms with Gasteiger partial charge in [0.1, 0.15) is 5.75 Å². The molecule has 0 heterocycles. The molecule has 0 unspecified atom stereocenters. The molecule has 0 atom stereocenters. The van der Waals surface area contributed by atoms with Gasteiger partial charge in [-0.05, 0) is 71.1 Å². The minimum atomic E-state index is -0.585. The molecule has 0 radical (unpaired) electrons. The second-order valence-electron chi connectivity index (χ2n) is 8.11. The number of nitrogens with one attached hydrogen (secondary N) is 1. The van der Waals surface area contributed by atoms with Crippen molar-refractivity contribution < 1.29 is 14.3 Å². The summed E-state index contributed by atoms with van der Waals surface area (Å²) in [6.45, 7) is 6.35. The average Bonchev–Trinajstić information content (AvgIpc) is 2.74. The number of nitrogens with zero attached hydrogens (tertiary/aromatic N) is 1. The number of carbonyl (C=O) groups is 2. The van der Waals surface area contributed by atoms with E-state index >= 15 is 0 Å². The van der Waals surface area contributed by atoms with Crippen LogP contribution in [-0.4, -0.2) is 18.1 Å². The standard InChI is InChI=1S/C25H22Cl2N2O3/c1-25(2,3)18-8-6-17(7-9-18)23(30)29-28-15-16-4-11-20(12-5-16)32-24(31)21-13-10-19(26)14-22(21)27/h4-15H,1-3H3,(H,29,30)/b28-15+. The van der Waals surface area contributed by atoms with E-state index in [-0.39, 0.29) is 21.9 Å². The molecule has 0 aliphatic carbocycles. The molecule has 0 aliphatic rings. The monoisotopic (exact) mass is 468 g/mol. The van der Waals surface area contributed by atoms with E-state index in [1.165, 1.54) is 18.3 Å². The fraction of sp³-hybridized carbons (Fsp3) is 0.160. The van der Waals surface area contributed by atoms with Crippen LogP contribution in [0.25, 0.3) is 0 Å². The highest BCUT2D eigenvalue weighted by Gasteiger charge is 2.14. The van der Waals surface area contributed by atoms with Crippen LogP contribution in [0.4, 0.5) is 0 Å². The van der Waals surface area contributed by atoms with Crippen molar-refractivity contribution in [2.75, 3.05) is 0 Å². The van der Waals surface area contributed by atoms with E-state index in [2.05, 4.69) is 31.3 Å². The van der Waals surface area contributed by atoms with Gasteiger partial charge in [-0.25, -0.2) is 10.2 Å². The zero-order valence-electron chi connectivity index (χ0n) is 17.9. The number of esters is 1. The van der Waals surface area contributed by atoms with E-state index in [1.807, 2.05) is 12.1 Å². The first-order valence-electron chi connectivity index (χ1n) is 9.85. The highest BCUT2D eigenvalue weighted by Crippen LogP contribution is 2.23. The zero-order valence-corrected chi connectivity index (χ0v) is 19.4. The summed E-state index contributed by atoms with van der Waals surface area (Å²) in [6.07, 6.45) is 1.50. The molecule has 0 saturated heterocycles. The topological polar surface area (TPSA) is 67.8 Å². The minimum Gasteiger partial charge on any atom is -0.423 e. The Morgan fingerprint density at radius 1 is 0.938 bits per heavy atom. The van der Waals surface area contributed by atoms with E-state index in [0.717, 1.165) is 11.1 Å². The average molecular weight is 469 g/mol. The maximum Gasteiger partial charge on any atom is 0.345 e. The second-order valence-corrected chi connectivity index (χ2v) is 8.95. The molecule has 5 nitrogen and oxygen atoms in total. The Morgan fingerprint density at radius 3 is 2.19 bits per heavy atom. The Balaban J connectivity index is 1.57. The van der Waals surface area contributed by atoms with Gasteiger partial charge in [-0.15, -0.1) is 0 Å². The number of hydrogen-bond acceptors (Lipinski definition) is 4. The SMILES string of the molecule is CC(C)(C)c1ccc(C(=O)N/N=C/c2ccc(OC(=O)c3ccc(Cl)cc3Cl)cc2)cc1. The lowest BCUT2D eigenvalue weighted by molar-refractivity contribution is 0.0734. The van der Waals surface area contributed by atoms with Crippen LogP contribution in [0, 0.1) is 0 Å². The summed E-state index contributed by atoms with van der Waals surface area (Å²) >= 11 is 11.9. The van der Waals surface area contributed by atoms with Crippen molar-refractivity contribution in [3.63, 3.8) is 0 Å². The summed E-state index contributed by atoms with van der Waals surface area (Å²) in [6, 6.07) is 18.7. The summed E-state index contributed by atoms with van der Waals surface area (Å²) in [7, 11) is 0. The lowest BCUT2D eigenvalue weighted by atomic mass is 9.87. The molecule has 3 aromatic carbocycles. The van der Waals surface area contributed by atoms with Gasteiger partial charge in [-0.2, -0.15) is 5.10 Å². The van der Waals surface area contributed by atoms with Gasteiger partial charge in [0.15, 0.2) is 0 Å². The molecule has 3 aromatic rings. The Morgan fingerprint density at radius 2 is 1.59 bits per heavy atom. The summed E-state index contributed by atoms with van der Waals surface area (Å²) in [5, 5.41) is 4.64. The van der Waals surface area contributed by atoms with Crippen molar-refractivity contribution in [2.24, 2.45) is 5.10 Å². The van der Waals surface area contributed by atoms with Gasteiger partial charge in [0.2, 0.25) is 0 Å². The van der Waals surface area contributed by atoms with Gasteiger partial charge >= 0.3 is 5.97 Å². The summed E-state index contributed by atoms with van der Waals surface area (Å²) in [4.78, 5) is 24.5. The minimum absolute atomic E-state index is 0.0225. The van der Waals surface area contributed by atoms with Crippen molar-refractivity contribution >= 4 is 41.3 Å². The molecular weight excluding hydrogens is 447 g/mol. The number of amides is 1. The molecule has 1 amide bonds. The number of hydrogen-bond donors (Lipinski definition) is 1. The first-order valence-corrected chi connectivity index (χ1v) is 10.6. The largest absolute Gasteiger partial charge is 0.423 e. The van der Waals surface area contributed by atoms with Gasteiger partial charge in [0, 0.05) is 10.6 Å². The van der Waals surface area contributed by atoms with E-state index < -0.39 is 5.97 Å². The Labute approximate surface area is 197 Å². The van der Waals surface area contributed by atoms with Crippen molar-refractivity contribution in [1.29, 1.82) is 0 Å². The van der Waals surface area contributed by atoms with Crippen molar-refractivity contribution in [2.45, 2.75) is 26.2 Å². The maximum absolute atomic E-state index is 12.3. The predicted octanol–water partition coefficient (Wildman–Crippen LogP) is 6.27. The van der Waals surface area contributed by atoms with E-state index in [0.29, 0.717) is 16.3 Å². The molecule has 0 aliphatic heterocycles. The molecule has 3 rings (SSSR count). The van der Waals surface area contributed by atoms with Crippen molar-refractivity contribution in [3.05, 3.63) is 99.0 Å². The molecule has 32 heavy (non-hydrogen) atoms. The second kappa shape index (κ2) is 9.98. The Kier molecular flexibility index (Phi) is 7.33. The third-order valence-corrected chi connectivity index (χ3v) is 5.18. The molecule has 164 valence electrons. The lowest BCUT2D eigenvalue weighted by Gasteiger charge is -2.18. The first-order chi connectivity index (χ1) is 15.1. The van der Waals surface area contributed by atoms with Crippen LogP contribution >= 0.6 is 23.2 Å². The van der Waals surface area contributed by atoms with Crippen LogP contribution < -0.4 is 10.2 Å². The van der Waals surface area contributed by atoms with Crippen LogP contribution in [0.2, 0.25) is 10.0 Å². The van der Waals surface area contributed by atoms with E-state index in [1.54, 1.807) is 42.5 Å². The number of ether oxygens (including phenoxy) is 1. The quantitative estimate of drug-likeness (QED) is 0.207. The smallest absolute Gasteiger partial charge is 0.345 e. The van der Waals surface area contributed by atoms with Crippen LogP contribution in [0.3, 0.4) is 0 Å². The van der Waals surface area contributed by atoms with Gasteiger partial charge in [0.05, 0.1) is 16.8 Å². The normalized spacial score (nSPS) is 11.4. The van der Waals surface area contributed by atoms with Crippen LogP contribution in [-0.2, 0) is 5.41 Å². The fourth-order valence-electron chi connectivity index (χ4n) is 2.79. The molecule has 0 bridgehead atoms. The van der Waals surface area contributed by atoms with Gasteiger partial charge in [0.25, 0.3) is 5.91 Å². The fourth-order valence-corrected chi connectivity index (χ4v) is 3.28. The van der Waals surface area contributed by atoms with E-state index in [9.17, 15) is 9.59 Å². The maximum atomic E-state index is 12.3. The van der Waals surface area contributed by atoms with Crippen LogP contribution in [0.5, 0.6) is 5.75 Å². The number of carbonyl (C=O) groups excluding carboxylic acids is 2. The molecule has 0 aromatic heterocycles. The van der Waals surface area contributed by atoms with Crippen molar-refractivity contribution in [1.82, 2.24) is 5.43 Å². The Hall–Kier alpha value is -3.15. The molecule has 0 fully saturated rings. The van der Waals surface area contributed by atoms with Crippen LogP contribution in [0.1, 0.15) is 52.6 Å². The third kappa shape index (κ3) is 6.19. The summed E-state index contributed by atoms with van der Waals surface area (Å²) < 4.78 is 5.33. The highest BCUT2D eigenvalue weighted by molar-refractivity contribution is 6.36. The van der Waals surface area contributed by atoms with Crippen LogP contribution in [0.15, 0.2) is 71.8 Å². The van der Waals surface area contributed by atoms with Gasteiger partial charge in [-0.1, -0.05) is 56.1 Å². The first kappa shape index (κ1) is 23.5. The van der Waals surface area contributed by atoms with Gasteiger partial charge in [-0.3, -0.25) is 4.79 Å². The zero-order chi connectivity index (χ0) is 23.3. The Bertz CT molecular complexity index is 1150. The number of benzene rings is 3. The number of halogens is 2. The number of hydrazone groups is 1. The van der Waals surface area contributed by atoms with Gasteiger partial charge < -0.3 is 4.74 Å². The highest BCUT2D eigenvalue weighted by atomic mass is 35.5. The molecule has 7 heteroatoms. The van der Waals surface area contributed by atoms with E-state index in [4.69, 9.17) is 27.9 Å². The summed E-state index contributed by atoms with van der Waals surface area (Å²) in [5.74, 6) is -0.536. The molecule has 1 N–H and O–H groups in total. The lowest BCUT2D eigenvalue weighted by Crippen LogP contribution is -2.18. The summed E-state index contributed by atoms with van der Waals surface area (Å²) in [5.41, 5.74) is 5.15.